The Morgan fingerprint density at radius 1 is 1.63 bits per heavy atom. The highest BCUT2D eigenvalue weighted by Crippen LogP contribution is 2.02. The molecule has 8 nitrogen and oxygen atoms in total. The maximum atomic E-state index is 11.2. The van der Waals surface area contributed by atoms with E-state index in [0.29, 0.717) is 11.2 Å². The van der Waals surface area contributed by atoms with E-state index >= 15 is 0 Å². The van der Waals surface area contributed by atoms with Crippen LogP contribution in [0.4, 0.5) is 5.95 Å². The molecule has 0 spiro atoms. The minimum atomic E-state index is -0.307. The van der Waals surface area contributed by atoms with E-state index in [9.17, 15) is 4.79 Å². The van der Waals surface area contributed by atoms with Gasteiger partial charge in [-0.3, -0.25) is 9.78 Å². The molecule has 0 saturated heterocycles. The van der Waals surface area contributed by atoms with Crippen LogP contribution in [0.1, 0.15) is 13.3 Å². The fourth-order valence-corrected chi connectivity index (χ4v) is 1.40. The zero-order valence-electron chi connectivity index (χ0n) is 11.3. The number of hydrogen-bond donors (Lipinski definition) is 3. The van der Waals surface area contributed by atoms with Gasteiger partial charge in [-0.1, -0.05) is 6.92 Å². The second-order valence-corrected chi connectivity index (χ2v) is 3.93. The van der Waals surface area contributed by atoms with Crippen molar-refractivity contribution >= 4 is 17.1 Å². The first-order valence-electron chi connectivity index (χ1n) is 5.83. The van der Waals surface area contributed by atoms with Gasteiger partial charge in [-0.05, 0) is 6.42 Å². The molecule has 2 aromatic rings. The zero-order valence-corrected chi connectivity index (χ0v) is 11.3. The minimum Gasteiger partial charge on any atom is -0.394 e. The third-order valence-electron chi connectivity index (χ3n) is 2.58. The molecule has 0 fully saturated rings. The number of hydrogen-bond acceptors (Lipinski definition) is 6. The summed E-state index contributed by atoms with van der Waals surface area (Å²) in [6.45, 7) is 2.11. The second-order valence-electron chi connectivity index (χ2n) is 3.93. The summed E-state index contributed by atoms with van der Waals surface area (Å²) in [4.78, 5) is 21.3. The van der Waals surface area contributed by atoms with Crippen LogP contribution in [-0.4, -0.2) is 44.4 Å². The highest BCUT2D eigenvalue weighted by atomic mass is 16.5. The number of nitrogen functional groups attached to an aromatic ring is 1. The maximum absolute atomic E-state index is 11.2. The largest absolute Gasteiger partial charge is 0.394 e. The van der Waals surface area contributed by atoms with Gasteiger partial charge in [0.05, 0.1) is 19.0 Å². The highest BCUT2D eigenvalue weighted by molar-refractivity contribution is 5.70. The number of nitrogens with one attached hydrogen (secondary N) is 1. The molecule has 4 N–H and O–H groups in total. The number of aryl methyl sites for hydroxylation is 1. The Kier molecular flexibility index (Phi) is 5.46. The van der Waals surface area contributed by atoms with Crippen LogP contribution in [0.15, 0.2) is 11.1 Å². The predicted molar refractivity (Wildman–Crippen MR) is 71.7 cm³/mol. The van der Waals surface area contributed by atoms with E-state index in [2.05, 4.69) is 15.0 Å². The first-order valence-corrected chi connectivity index (χ1v) is 5.83. The van der Waals surface area contributed by atoms with Crippen LogP contribution < -0.4 is 11.3 Å². The first-order chi connectivity index (χ1) is 9.03. The number of ether oxygens (including phenoxy) is 1. The van der Waals surface area contributed by atoms with E-state index in [1.54, 1.807) is 18.7 Å². The molecule has 8 heteroatoms. The van der Waals surface area contributed by atoms with Crippen molar-refractivity contribution in [2.45, 2.75) is 19.4 Å². The smallest absolute Gasteiger partial charge is 0.280 e. The molecule has 0 radical (unpaired) electrons. The minimum absolute atomic E-state index is 0.0417. The topological polar surface area (TPSA) is 119 Å². The van der Waals surface area contributed by atoms with E-state index in [0.717, 1.165) is 6.42 Å². The lowest BCUT2D eigenvalue weighted by Crippen LogP contribution is -2.13. The van der Waals surface area contributed by atoms with E-state index < -0.39 is 0 Å². The zero-order chi connectivity index (χ0) is 14.4. The average molecular weight is 269 g/mol. The van der Waals surface area contributed by atoms with Crippen LogP contribution in [0, 0.1) is 0 Å². The molecule has 0 aromatic carbocycles. The van der Waals surface area contributed by atoms with Gasteiger partial charge in [-0.15, -0.1) is 0 Å². The van der Waals surface area contributed by atoms with E-state index in [1.807, 2.05) is 6.92 Å². The number of nitrogens with zero attached hydrogens (tertiary/aromatic N) is 3. The van der Waals surface area contributed by atoms with Gasteiger partial charge in [0.15, 0.2) is 11.2 Å². The van der Waals surface area contributed by atoms with Crippen molar-refractivity contribution in [3.63, 3.8) is 0 Å². The van der Waals surface area contributed by atoms with Crippen LogP contribution in [0.2, 0.25) is 0 Å². The van der Waals surface area contributed by atoms with Gasteiger partial charge in [-0.2, -0.15) is 4.98 Å². The number of rotatable bonds is 3. The van der Waals surface area contributed by atoms with Crippen LogP contribution in [0.5, 0.6) is 0 Å². The molecule has 2 heterocycles. The summed E-state index contributed by atoms with van der Waals surface area (Å²) in [6.07, 6.45) is 2.44. The number of anilines is 1. The van der Waals surface area contributed by atoms with Crippen LogP contribution in [-0.2, 0) is 11.8 Å². The van der Waals surface area contributed by atoms with Crippen molar-refractivity contribution < 1.29 is 9.84 Å². The third kappa shape index (κ3) is 3.76. The summed E-state index contributed by atoms with van der Waals surface area (Å²) < 4.78 is 6.44. The Hall–Kier alpha value is -1.93. The number of fused-ring (bicyclic) bond motifs is 1. The van der Waals surface area contributed by atoms with Gasteiger partial charge in [0.25, 0.3) is 5.56 Å². The summed E-state index contributed by atoms with van der Waals surface area (Å²) in [6, 6.07) is 0. The van der Waals surface area contributed by atoms with Gasteiger partial charge in [0.1, 0.15) is 0 Å². The Bertz CT molecular complexity index is 568. The quantitative estimate of drug-likeness (QED) is 0.700. The average Bonchev–Trinajstić information content (AvgIpc) is 2.75. The Morgan fingerprint density at radius 3 is 2.79 bits per heavy atom. The molecule has 1 atom stereocenters. The fourth-order valence-electron chi connectivity index (χ4n) is 1.40. The number of aliphatic hydroxyl groups is 1. The lowest BCUT2D eigenvalue weighted by Gasteiger charge is -2.06. The lowest BCUT2D eigenvalue weighted by atomic mass is 10.3. The van der Waals surface area contributed by atoms with Crippen LogP contribution >= 0.6 is 0 Å². The summed E-state index contributed by atoms with van der Waals surface area (Å²) in [5, 5.41) is 8.40. The van der Waals surface area contributed by atoms with Gasteiger partial charge >= 0.3 is 0 Å². The number of imidazole rings is 1. The summed E-state index contributed by atoms with van der Waals surface area (Å²) >= 11 is 0. The van der Waals surface area contributed by atoms with E-state index in [-0.39, 0.29) is 24.2 Å². The van der Waals surface area contributed by atoms with Gasteiger partial charge in [0, 0.05) is 14.2 Å². The van der Waals surface area contributed by atoms with Crippen LogP contribution in [0.25, 0.3) is 11.2 Å². The number of methoxy groups -OCH3 is 1. The Labute approximate surface area is 110 Å². The van der Waals surface area contributed by atoms with Gasteiger partial charge in [0.2, 0.25) is 5.95 Å². The Morgan fingerprint density at radius 2 is 2.32 bits per heavy atom. The summed E-state index contributed by atoms with van der Waals surface area (Å²) in [7, 11) is 3.35. The number of aliphatic hydroxyl groups excluding tert-OH is 1. The van der Waals surface area contributed by atoms with Crippen molar-refractivity contribution in [1.29, 1.82) is 0 Å². The van der Waals surface area contributed by atoms with Crippen molar-refractivity contribution in [1.82, 2.24) is 19.5 Å². The number of nitrogens with two attached hydrogens (primary N) is 1. The van der Waals surface area contributed by atoms with Crippen molar-refractivity contribution in [2.24, 2.45) is 7.05 Å². The standard InChI is InChI=1S/C6H7N5O.C5H12O2/c1-11-2-8-3-4(11)9-6(7)10-5(3)12;1-3-5(4-6)7-2/h2H,1H3,(H3,7,9,10,12);5-6H,3-4H2,1-2H3. The van der Waals surface area contributed by atoms with E-state index in [1.165, 1.54) is 6.33 Å². The summed E-state index contributed by atoms with van der Waals surface area (Å²) in [5.74, 6) is 0.108. The molecule has 0 bridgehead atoms. The molecule has 106 valence electrons. The third-order valence-corrected chi connectivity index (χ3v) is 2.58. The molecule has 2 rings (SSSR count). The number of aromatic amines is 1. The molecular weight excluding hydrogens is 250 g/mol. The normalized spacial score (nSPS) is 12.0. The van der Waals surface area contributed by atoms with Gasteiger partial charge in [-0.25, -0.2) is 4.98 Å². The Balaban J connectivity index is 0.000000224. The lowest BCUT2D eigenvalue weighted by molar-refractivity contribution is 0.0467. The van der Waals surface area contributed by atoms with Crippen molar-refractivity contribution in [3.8, 4) is 0 Å². The molecule has 2 aromatic heterocycles. The molecule has 0 aliphatic carbocycles. The maximum Gasteiger partial charge on any atom is 0.280 e. The van der Waals surface area contributed by atoms with Gasteiger partial charge < -0.3 is 20.1 Å². The number of aromatic nitrogens is 4. The number of H-pyrrole nitrogens is 1. The highest BCUT2D eigenvalue weighted by Gasteiger charge is 2.05. The molecule has 19 heavy (non-hydrogen) atoms. The molecule has 0 aliphatic heterocycles. The second kappa shape index (κ2) is 6.86. The van der Waals surface area contributed by atoms with Crippen molar-refractivity contribution in [2.75, 3.05) is 19.5 Å². The molecule has 0 aliphatic rings. The molecular formula is C11H19N5O3. The van der Waals surface area contributed by atoms with Crippen molar-refractivity contribution in [3.05, 3.63) is 16.7 Å². The predicted octanol–water partition coefficient (Wildman–Crippen LogP) is -0.357. The van der Waals surface area contributed by atoms with E-state index in [4.69, 9.17) is 15.6 Å². The molecule has 1 unspecified atom stereocenters. The first kappa shape index (κ1) is 15.1. The molecule has 0 saturated carbocycles. The molecule has 0 amide bonds. The van der Waals surface area contributed by atoms with Crippen LogP contribution in [0.3, 0.4) is 0 Å². The monoisotopic (exact) mass is 269 g/mol. The SMILES string of the molecule is CCC(CO)OC.Cn1cnc2c(=O)[nH]c(N)nc21. The summed E-state index contributed by atoms with van der Waals surface area (Å²) in [5.41, 5.74) is 5.85. The fraction of sp³-hybridized carbons (Fsp3) is 0.545.